The molecule has 1 saturated carbocycles. The number of benzene rings is 1. The molecule has 0 spiro atoms. The van der Waals surface area contributed by atoms with E-state index in [0.717, 1.165) is 18.1 Å². The molecular formula is C18H29NO. The van der Waals surface area contributed by atoms with Crippen LogP contribution in [-0.2, 0) is 6.42 Å². The Morgan fingerprint density at radius 1 is 1.10 bits per heavy atom. The van der Waals surface area contributed by atoms with E-state index in [0.29, 0.717) is 12.1 Å². The predicted octanol–water partition coefficient (Wildman–Crippen LogP) is 4.18. The van der Waals surface area contributed by atoms with Gasteiger partial charge in [0.15, 0.2) is 0 Å². The van der Waals surface area contributed by atoms with Gasteiger partial charge in [-0.25, -0.2) is 0 Å². The molecule has 2 unspecified atom stereocenters. The molecule has 0 bridgehead atoms. The second kappa shape index (κ2) is 7.68. The van der Waals surface area contributed by atoms with Crippen molar-refractivity contribution in [3.8, 4) is 5.75 Å². The van der Waals surface area contributed by atoms with Crippen LogP contribution in [-0.4, -0.2) is 19.2 Å². The van der Waals surface area contributed by atoms with E-state index in [4.69, 9.17) is 4.74 Å². The van der Waals surface area contributed by atoms with E-state index >= 15 is 0 Å². The zero-order valence-electron chi connectivity index (χ0n) is 13.2. The van der Waals surface area contributed by atoms with E-state index in [1.165, 1.54) is 37.7 Å². The van der Waals surface area contributed by atoms with Crippen molar-refractivity contribution in [2.45, 2.75) is 64.5 Å². The van der Waals surface area contributed by atoms with E-state index in [-0.39, 0.29) is 0 Å². The summed E-state index contributed by atoms with van der Waals surface area (Å²) in [6.07, 6.45) is 8.17. The fourth-order valence-electron chi connectivity index (χ4n) is 3.39. The third kappa shape index (κ3) is 4.52. The summed E-state index contributed by atoms with van der Waals surface area (Å²) < 4.78 is 5.20. The van der Waals surface area contributed by atoms with Crippen molar-refractivity contribution in [3.05, 3.63) is 29.8 Å². The summed E-state index contributed by atoms with van der Waals surface area (Å²) in [5.41, 5.74) is 1.38. The minimum absolute atomic E-state index is 0.528. The van der Waals surface area contributed by atoms with E-state index in [1.54, 1.807) is 7.11 Å². The molecule has 1 aliphatic carbocycles. The molecule has 0 saturated heterocycles. The van der Waals surface area contributed by atoms with Gasteiger partial charge in [-0.15, -0.1) is 0 Å². The molecule has 20 heavy (non-hydrogen) atoms. The first kappa shape index (κ1) is 15.4. The number of ether oxygens (including phenoxy) is 1. The maximum absolute atomic E-state index is 5.20. The molecule has 1 fully saturated rings. The normalized spacial score (nSPS) is 19.6. The molecule has 112 valence electrons. The Bertz CT molecular complexity index is 381. The van der Waals surface area contributed by atoms with Crippen LogP contribution in [0, 0.1) is 5.92 Å². The van der Waals surface area contributed by atoms with Gasteiger partial charge in [-0.05, 0) is 56.7 Å². The highest BCUT2D eigenvalue weighted by Crippen LogP contribution is 2.26. The van der Waals surface area contributed by atoms with Crippen LogP contribution in [0.5, 0.6) is 5.75 Å². The maximum atomic E-state index is 5.20. The summed E-state index contributed by atoms with van der Waals surface area (Å²) in [4.78, 5) is 0. The lowest BCUT2D eigenvalue weighted by Gasteiger charge is -2.30. The number of hydrogen-bond acceptors (Lipinski definition) is 2. The van der Waals surface area contributed by atoms with E-state index in [9.17, 15) is 0 Å². The molecule has 1 aromatic rings. The molecule has 1 aromatic carbocycles. The predicted molar refractivity (Wildman–Crippen MR) is 85.3 cm³/mol. The first-order valence-electron chi connectivity index (χ1n) is 8.08. The molecule has 1 aliphatic rings. The summed E-state index contributed by atoms with van der Waals surface area (Å²) in [5, 5.41) is 3.80. The van der Waals surface area contributed by atoms with Crippen LogP contribution in [0.25, 0.3) is 0 Å². The van der Waals surface area contributed by atoms with Gasteiger partial charge >= 0.3 is 0 Å². The maximum Gasteiger partial charge on any atom is 0.118 e. The quantitative estimate of drug-likeness (QED) is 0.840. The lowest BCUT2D eigenvalue weighted by molar-refractivity contribution is 0.267. The van der Waals surface area contributed by atoms with Crippen molar-refractivity contribution in [3.63, 3.8) is 0 Å². The summed E-state index contributed by atoms with van der Waals surface area (Å²) in [7, 11) is 1.71. The van der Waals surface area contributed by atoms with Crippen LogP contribution >= 0.6 is 0 Å². The molecule has 0 amide bonds. The third-order valence-electron chi connectivity index (χ3n) is 4.61. The number of methoxy groups -OCH3 is 1. The van der Waals surface area contributed by atoms with Crippen LogP contribution in [0.2, 0.25) is 0 Å². The van der Waals surface area contributed by atoms with Crippen molar-refractivity contribution in [1.82, 2.24) is 5.32 Å². The first-order valence-corrected chi connectivity index (χ1v) is 8.08. The van der Waals surface area contributed by atoms with Crippen molar-refractivity contribution in [2.75, 3.05) is 7.11 Å². The molecular weight excluding hydrogens is 246 g/mol. The molecule has 0 radical (unpaired) electrons. The molecule has 2 atom stereocenters. The molecule has 0 aliphatic heterocycles. The highest BCUT2D eigenvalue weighted by molar-refractivity contribution is 5.27. The second-order valence-electron chi connectivity index (χ2n) is 6.31. The SMILES string of the molecule is COc1ccc(CC(C)NC(C)C2CCCCC2)cc1. The molecule has 2 nitrogen and oxygen atoms in total. The van der Waals surface area contributed by atoms with Gasteiger partial charge in [0.25, 0.3) is 0 Å². The summed E-state index contributed by atoms with van der Waals surface area (Å²) >= 11 is 0. The Labute approximate surface area is 123 Å². The molecule has 0 aromatic heterocycles. The van der Waals surface area contributed by atoms with E-state index in [1.807, 2.05) is 12.1 Å². The minimum Gasteiger partial charge on any atom is -0.497 e. The van der Waals surface area contributed by atoms with Gasteiger partial charge in [-0.3, -0.25) is 0 Å². The molecule has 1 N–H and O–H groups in total. The molecule has 0 heterocycles. The molecule has 2 rings (SSSR count). The number of hydrogen-bond donors (Lipinski definition) is 1. The summed E-state index contributed by atoms with van der Waals surface area (Å²) in [6, 6.07) is 9.60. The van der Waals surface area contributed by atoms with Crippen molar-refractivity contribution in [2.24, 2.45) is 5.92 Å². The third-order valence-corrected chi connectivity index (χ3v) is 4.61. The average Bonchev–Trinajstić information content (AvgIpc) is 2.49. The lowest BCUT2D eigenvalue weighted by Crippen LogP contribution is -2.41. The van der Waals surface area contributed by atoms with Gasteiger partial charge in [0.1, 0.15) is 5.75 Å². The van der Waals surface area contributed by atoms with Gasteiger partial charge in [0.05, 0.1) is 7.11 Å². The number of nitrogens with one attached hydrogen (secondary N) is 1. The van der Waals surface area contributed by atoms with Crippen molar-refractivity contribution >= 4 is 0 Å². The zero-order chi connectivity index (χ0) is 14.4. The van der Waals surface area contributed by atoms with Gasteiger partial charge in [0.2, 0.25) is 0 Å². The topological polar surface area (TPSA) is 21.3 Å². The van der Waals surface area contributed by atoms with Crippen LogP contribution in [0.15, 0.2) is 24.3 Å². The van der Waals surface area contributed by atoms with Gasteiger partial charge in [-0.2, -0.15) is 0 Å². The fourth-order valence-corrected chi connectivity index (χ4v) is 3.39. The summed E-state index contributed by atoms with van der Waals surface area (Å²) in [6.45, 7) is 4.66. The minimum atomic E-state index is 0.528. The molecule has 2 heteroatoms. The van der Waals surface area contributed by atoms with Crippen LogP contribution < -0.4 is 10.1 Å². The Kier molecular flexibility index (Phi) is 5.90. The Hall–Kier alpha value is -1.02. The van der Waals surface area contributed by atoms with Gasteiger partial charge < -0.3 is 10.1 Å². The Balaban J connectivity index is 1.79. The van der Waals surface area contributed by atoms with E-state index < -0.39 is 0 Å². The van der Waals surface area contributed by atoms with Gasteiger partial charge in [-0.1, -0.05) is 31.4 Å². The largest absolute Gasteiger partial charge is 0.497 e. The van der Waals surface area contributed by atoms with Crippen LogP contribution in [0.3, 0.4) is 0 Å². The highest BCUT2D eigenvalue weighted by Gasteiger charge is 2.21. The fraction of sp³-hybridized carbons (Fsp3) is 0.667. The average molecular weight is 275 g/mol. The Morgan fingerprint density at radius 3 is 2.35 bits per heavy atom. The van der Waals surface area contributed by atoms with Crippen LogP contribution in [0.1, 0.15) is 51.5 Å². The first-order chi connectivity index (χ1) is 9.69. The van der Waals surface area contributed by atoms with Gasteiger partial charge in [0, 0.05) is 12.1 Å². The Morgan fingerprint density at radius 2 is 1.75 bits per heavy atom. The lowest BCUT2D eigenvalue weighted by atomic mass is 9.84. The monoisotopic (exact) mass is 275 g/mol. The zero-order valence-corrected chi connectivity index (χ0v) is 13.2. The number of rotatable bonds is 6. The standard InChI is InChI=1S/C18H29NO/c1-14(13-16-9-11-18(20-3)12-10-16)19-15(2)17-7-5-4-6-8-17/h9-12,14-15,17,19H,4-8,13H2,1-3H3. The van der Waals surface area contributed by atoms with Crippen molar-refractivity contribution < 1.29 is 4.74 Å². The highest BCUT2D eigenvalue weighted by atomic mass is 16.5. The van der Waals surface area contributed by atoms with E-state index in [2.05, 4.69) is 31.3 Å². The van der Waals surface area contributed by atoms with Crippen LogP contribution in [0.4, 0.5) is 0 Å². The van der Waals surface area contributed by atoms with Crippen molar-refractivity contribution in [1.29, 1.82) is 0 Å². The second-order valence-corrected chi connectivity index (χ2v) is 6.31. The summed E-state index contributed by atoms with van der Waals surface area (Å²) in [5.74, 6) is 1.81. The smallest absolute Gasteiger partial charge is 0.118 e.